The molecule has 1 aromatic heterocycles. The number of carbonyl (C=O) groups excluding carboxylic acids is 1. The Kier molecular flexibility index (Phi) is 4.73. The number of nitrogens with zero attached hydrogens (tertiary/aromatic N) is 2. The molecule has 1 amide bonds. The van der Waals surface area contributed by atoms with Crippen LogP contribution in [0.3, 0.4) is 0 Å². The van der Waals surface area contributed by atoms with Crippen LogP contribution < -0.4 is 10.6 Å². The number of anilines is 2. The van der Waals surface area contributed by atoms with Gasteiger partial charge in [-0.2, -0.15) is 5.26 Å². The smallest absolute Gasteiger partial charge is 0.257 e. The molecule has 138 valence electrons. The zero-order valence-corrected chi connectivity index (χ0v) is 15.0. The first kappa shape index (κ1) is 17.7. The van der Waals surface area contributed by atoms with E-state index in [0.717, 1.165) is 35.3 Å². The van der Waals surface area contributed by atoms with Crippen LogP contribution in [0.15, 0.2) is 54.7 Å². The minimum Gasteiger partial charge on any atom is -0.384 e. The number of fused-ring (bicyclic) bond motifs is 1. The molecule has 2 N–H and O–H groups in total. The van der Waals surface area contributed by atoms with Crippen LogP contribution in [-0.4, -0.2) is 17.4 Å². The maximum absolute atomic E-state index is 13.5. The number of amides is 1. The third kappa shape index (κ3) is 3.55. The van der Waals surface area contributed by atoms with Crippen LogP contribution in [-0.2, 0) is 12.8 Å². The largest absolute Gasteiger partial charge is 0.384 e. The molecule has 0 aliphatic carbocycles. The van der Waals surface area contributed by atoms with E-state index in [1.807, 2.05) is 30.3 Å². The Bertz CT molecular complexity index is 1100. The Morgan fingerprint density at radius 1 is 1.21 bits per heavy atom. The lowest BCUT2D eigenvalue weighted by atomic mass is 10.0. The highest BCUT2D eigenvalue weighted by molar-refractivity contribution is 6.06. The summed E-state index contributed by atoms with van der Waals surface area (Å²) in [7, 11) is 0. The Morgan fingerprint density at radius 2 is 2.07 bits per heavy atom. The van der Waals surface area contributed by atoms with Crippen molar-refractivity contribution in [2.24, 2.45) is 0 Å². The molecule has 2 aromatic carbocycles. The lowest BCUT2D eigenvalue weighted by Crippen LogP contribution is -2.15. The van der Waals surface area contributed by atoms with Crippen molar-refractivity contribution in [1.29, 1.82) is 5.26 Å². The van der Waals surface area contributed by atoms with Crippen molar-refractivity contribution in [2.45, 2.75) is 12.8 Å². The third-order valence-electron chi connectivity index (χ3n) is 4.74. The van der Waals surface area contributed by atoms with Crippen LogP contribution in [0.25, 0.3) is 0 Å². The van der Waals surface area contributed by atoms with E-state index in [1.165, 1.54) is 12.1 Å². The van der Waals surface area contributed by atoms with Gasteiger partial charge in [-0.1, -0.05) is 12.1 Å². The molecule has 28 heavy (non-hydrogen) atoms. The van der Waals surface area contributed by atoms with Crippen molar-refractivity contribution in [2.75, 3.05) is 17.2 Å². The van der Waals surface area contributed by atoms with Crippen LogP contribution in [0.2, 0.25) is 0 Å². The highest BCUT2D eigenvalue weighted by atomic mass is 19.1. The molecule has 0 saturated heterocycles. The van der Waals surface area contributed by atoms with Gasteiger partial charge < -0.3 is 10.6 Å². The summed E-state index contributed by atoms with van der Waals surface area (Å²) in [5.74, 6) is -0.272. The molecule has 3 aromatic rings. The summed E-state index contributed by atoms with van der Waals surface area (Å²) in [6.07, 6.45) is 2.94. The van der Waals surface area contributed by atoms with E-state index in [2.05, 4.69) is 15.6 Å². The van der Waals surface area contributed by atoms with Crippen LogP contribution in [0, 0.1) is 17.1 Å². The lowest BCUT2D eigenvalue weighted by molar-refractivity contribution is 0.102. The SMILES string of the molecule is N#Cc1cc(Cc2ccnc(NC(=O)c3cccc4c3CCN4)c2)ccc1F. The molecule has 0 radical (unpaired) electrons. The second-order valence-corrected chi connectivity index (χ2v) is 6.61. The first-order valence-corrected chi connectivity index (χ1v) is 8.94. The molecule has 5 nitrogen and oxygen atoms in total. The highest BCUT2D eigenvalue weighted by Crippen LogP contribution is 2.26. The molecule has 0 fully saturated rings. The zero-order valence-electron chi connectivity index (χ0n) is 15.0. The quantitative estimate of drug-likeness (QED) is 0.728. The van der Waals surface area contributed by atoms with Crippen molar-refractivity contribution >= 4 is 17.4 Å². The highest BCUT2D eigenvalue weighted by Gasteiger charge is 2.18. The molecule has 1 aliphatic heterocycles. The summed E-state index contributed by atoms with van der Waals surface area (Å²) in [4.78, 5) is 16.9. The predicted octanol–water partition coefficient (Wildman–Crippen LogP) is 3.90. The van der Waals surface area contributed by atoms with Crippen LogP contribution in [0.1, 0.15) is 32.6 Å². The standard InChI is InChI=1S/C22H17FN4O/c23-19-5-4-14(11-16(19)13-24)10-15-6-8-26-21(12-15)27-22(28)18-2-1-3-20-17(18)7-9-25-20/h1-6,8,11-12,25H,7,9-10H2,(H,26,27,28). The second kappa shape index (κ2) is 7.49. The topological polar surface area (TPSA) is 77.8 Å². The molecular weight excluding hydrogens is 355 g/mol. The fourth-order valence-corrected chi connectivity index (χ4v) is 3.40. The second-order valence-electron chi connectivity index (χ2n) is 6.61. The molecular formula is C22H17FN4O. The summed E-state index contributed by atoms with van der Waals surface area (Å²) >= 11 is 0. The average Bonchev–Trinajstić information content (AvgIpc) is 3.18. The monoisotopic (exact) mass is 372 g/mol. The molecule has 0 bridgehead atoms. The number of benzene rings is 2. The van der Waals surface area contributed by atoms with Gasteiger partial charge in [-0.15, -0.1) is 0 Å². The number of carbonyl (C=O) groups is 1. The maximum Gasteiger partial charge on any atom is 0.257 e. The summed E-state index contributed by atoms with van der Waals surface area (Å²) in [5.41, 5.74) is 4.40. The Balaban J connectivity index is 1.52. The molecule has 6 heteroatoms. The van der Waals surface area contributed by atoms with Gasteiger partial charge in [0, 0.05) is 24.0 Å². The summed E-state index contributed by atoms with van der Waals surface area (Å²) < 4.78 is 13.5. The number of halogens is 1. The van der Waals surface area contributed by atoms with Crippen LogP contribution in [0.4, 0.5) is 15.9 Å². The summed E-state index contributed by atoms with van der Waals surface area (Å²) in [5, 5.41) is 15.1. The fourth-order valence-electron chi connectivity index (χ4n) is 3.40. The normalized spacial score (nSPS) is 12.0. The van der Waals surface area contributed by atoms with E-state index in [0.29, 0.717) is 17.8 Å². The molecule has 0 spiro atoms. The maximum atomic E-state index is 13.5. The summed E-state index contributed by atoms with van der Waals surface area (Å²) in [6.45, 7) is 0.829. The van der Waals surface area contributed by atoms with Gasteiger partial charge in [-0.25, -0.2) is 9.37 Å². The van der Waals surface area contributed by atoms with Gasteiger partial charge in [0.05, 0.1) is 5.56 Å². The van der Waals surface area contributed by atoms with Crippen molar-refractivity contribution in [1.82, 2.24) is 4.98 Å². The van der Waals surface area contributed by atoms with E-state index < -0.39 is 5.82 Å². The number of hydrogen-bond donors (Lipinski definition) is 2. The number of pyridine rings is 1. The average molecular weight is 372 g/mol. The first-order valence-electron chi connectivity index (χ1n) is 8.94. The Hall–Kier alpha value is -3.72. The van der Waals surface area contributed by atoms with Crippen LogP contribution >= 0.6 is 0 Å². The molecule has 1 aliphatic rings. The van der Waals surface area contributed by atoms with Crippen molar-refractivity contribution < 1.29 is 9.18 Å². The van der Waals surface area contributed by atoms with Gasteiger partial charge in [0.2, 0.25) is 0 Å². The third-order valence-corrected chi connectivity index (χ3v) is 4.74. The number of hydrogen-bond acceptors (Lipinski definition) is 4. The Labute approximate surface area is 161 Å². The predicted molar refractivity (Wildman–Crippen MR) is 105 cm³/mol. The summed E-state index contributed by atoms with van der Waals surface area (Å²) in [6, 6.07) is 15.6. The van der Waals surface area contributed by atoms with E-state index in [4.69, 9.17) is 5.26 Å². The molecule has 0 unspecified atom stereocenters. The van der Waals surface area contributed by atoms with E-state index >= 15 is 0 Å². The van der Waals surface area contributed by atoms with E-state index in [-0.39, 0.29) is 11.5 Å². The van der Waals surface area contributed by atoms with Gasteiger partial charge in [-0.05, 0) is 65.9 Å². The van der Waals surface area contributed by atoms with E-state index in [1.54, 1.807) is 18.3 Å². The van der Waals surface area contributed by atoms with Gasteiger partial charge in [0.15, 0.2) is 0 Å². The van der Waals surface area contributed by atoms with Gasteiger partial charge in [-0.3, -0.25) is 4.79 Å². The van der Waals surface area contributed by atoms with Gasteiger partial charge >= 0.3 is 0 Å². The van der Waals surface area contributed by atoms with Gasteiger partial charge in [0.25, 0.3) is 5.91 Å². The van der Waals surface area contributed by atoms with Gasteiger partial charge in [0.1, 0.15) is 17.7 Å². The van der Waals surface area contributed by atoms with Crippen LogP contribution in [0.5, 0.6) is 0 Å². The number of nitrogens with one attached hydrogen (secondary N) is 2. The number of aromatic nitrogens is 1. The van der Waals surface area contributed by atoms with Crippen molar-refractivity contribution in [3.63, 3.8) is 0 Å². The van der Waals surface area contributed by atoms with E-state index in [9.17, 15) is 9.18 Å². The molecule has 4 rings (SSSR count). The minimum atomic E-state index is -0.529. The minimum absolute atomic E-state index is 0.0200. The lowest BCUT2D eigenvalue weighted by Gasteiger charge is -2.10. The first-order chi connectivity index (χ1) is 13.6. The fraction of sp³-hybridized carbons (Fsp3) is 0.136. The Morgan fingerprint density at radius 3 is 2.93 bits per heavy atom. The van der Waals surface area contributed by atoms with Crippen molar-refractivity contribution in [3.05, 3.63) is 88.4 Å². The molecule has 2 heterocycles. The number of nitriles is 1. The molecule has 0 atom stereocenters. The molecule has 0 saturated carbocycles. The van der Waals surface area contributed by atoms with Crippen molar-refractivity contribution in [3.8, 4) is 6.07 Å². The number of rotatable bonds is 4. The zero-order chi connectivity index (χ0) is 19.5.